The van der Waals surface area contributed by atoms with Gasteiger partial charge in [0.15, 0.2) is 0 Å². The summed E-state index contributed by atoms with van der Waals surface area (Å²) >= 11 is 0.621. The molecular formula is C14H20F3N3O3S. The fraction of sp³-hybridized carbons (Fsp3) is 0.643. The Morgan fingerprint density at radius 3 is 2.50 bits per heavy atom. The third-order valence-corrected chi connectivity index (χ3v) is 4.29. The maximum atomic E-state index is 13.3. The van der Waals surface area contributed by atoms with E-state index in [1.165, 1.54) is 19.2 Å². The highest BCUT2D eigenvalue weighted by Gasteiger charge is 2.58. The molecule has 6 nitrogen and oxygen atoms in total. The number of hydrogen-bond acceptors (Lipinski definition) is 5. The molecule has 2 atom stereocenters. The lowest BCUT2D eigenvalue weighted by Gasteiger charge is -2.28. The van der Waals surface area contributed by atoms with E-state index in [0.29, 0.717) is 30.0 Å². The number of aryl methyl sites for hydroxylation is 1. The second-order valence-corrected chi connectivity index (χ2v) is 6.27. The molecule has 0 saturated carbocycles. The van der Waals surface area contributed by atoms with Crippen molar-refractivity contribution in [1.82, 2.24) is 15.6 Å². The number of aliphatic hydroxyl groups is 1. The van der Waals surface area contributed by atoms with Crippen LogP contribution in [-0.4, -0.2) is 40.7 Å². The maximum Gasteiger partial charge on any atom is 0.424 e. The van der Waals surface area contributed by atoms with Crippen molar-refractivity contribution >= 4 is 23.2 Å². The summed E-state index contributed by atoms with van der Waals surface area (Å²) in [4.78, 5) is 27.2. The molecule has 0 bridgehead atoms. The zero-order valence-electron chi connectivity index (χ0n) is 13.5. The highest BCUT2D eigenvalue weighted by Crippen LogP contribution is 2.42. The van der Waals surface area contributed by atoms with Gasteiger partial charge in [0.2, 0.25) is 17.4 Å². The number of nitrogens with one attached hydrogen (secondary N) is 2. The second-order valence-electron chi connectivity index (χ2n) is 5.41. The van der Waals surface area contributed by atoms with Gasteiger partial charge >= 0.3 is 6.18 Å². The van der Waals surface area contributed by atoms with Gasteiger partial charge in [-0.05, 0) is 20.3 Å². The number of amides is 2. The number of carbonyl (C=O) groups is 2. The second kappa shape index (κ2) is 7.93. The van der Waals surface area contributed by atoms with Gasteiger partial charge in [0.1, 0.15) is 11.0 Å². The summed E-state index contributed by atoms with van der Waals surface area (Å²) in [5.74, 6) is -1.60. The summed E-state index contributed by atoms with van der Waals surface area (Å²) in [7, 11) is 0. The standard InChI is InChI=1S/C14H20F3N3O3S/c1-4-5-18-11(22)9(3)20-10(21)6-13(23,14(15,16)17)12-19-8(2)7-24-12/h7,9,23H,4-6H2,1-3H3,(H,18,22)(H,20,21)/t9-,13+/m1/s1. The van der Waals surface area contributed by atoms with Crippen LogP contribution in [0.15, 0.2) is 5.38 Å². The molecule has 2 amide bonds. The van der Waals surface area contributed by atoms with Crippen molar-refractivity contribution in [2.24, 2.45) is 0 Å². The average Bonchev–Trinajstić information content (AvgIpc) is 2.90. The summed E-state index contributed by atoms with van der Waals surface area (Å²) in [6, 6.07) is -1.01. The predicted octanol–water partition coefficient (Wildman–Crippen LogP) is 1.62. The first-order valence-corrected chi connectivity index (χ1v) is 8.18. The number of thiazole rings is 1. The minimum Gasteiger partial charge on any atom is -0.374 e. The third kappa shape index (κ3) is 4.91. The van der Waals surface area contributed by atoms with E-state index in [2.05, 4.69) is 15.6 Å². The van der Waals surface area contributed by atoms with E-state index in [1.54, 1.807) is 0 Å². The van der Waals surface area contributed by atoms with Crippen molar-refractivity contribution in [2.45, 2.75) is 51.4 Å². The van der Waals surface area contributed by atoms with Crippen LogP contribution in [0.1, 0.15) is 37.4 Å². The summed E-state index contributed by atoms with van der Waals surface area (Å²) < 4.78 is 39.8. The van der Waals surface area contributed by atoms with E-state index in [4.69, 9.17) is 0 Å². The summed E-state index contributed by atoms with van der Waals surface area (Å²) in [5, 5.41) is 15.5. The Hall–Kier alpha value is -1.68. The number of aromatic nitrogens is 1. The van der Waals surface area contributed by atoms with E-state index in [-0.39, 0.29) is 0 Å². The Kier molecular flexibility index (Phi) is 6.73. The highest BCUT2D eigenvalue weighted by molar-refractivity contribution is 7.09. The Labute approximate surface area is 141 Å². The molecule has 0 aliphatic heterocycles. The van der Waals surface area contributed by atoms with Crippen molar-refractivity contribution in [2.75, 3.05) is 6.54 Å². The average molecular weight is 367 g/mol. The van der Waals surface area contributed by atoms with Crippen LogP contribution >= 0.6 is 11.3 Å². The van der Waals surface area contributed by atoms with E-state index in [9.17, 15) is 27.9 Å². The minimum atomic E-state index is -5.08. The Morgan fingerprint density at radius 1 is 1.42 bits per heavy atom. The molecule has 0 aliphatic carbocycles. The van der Waals surface area contributed by atoms with Crippen LogP contribution in [-0.2, 0) is 15.2 Å². The van der Waals surface area contributed by atoms with Gasteiger partial charge in [0, 0.05) is 17.6 Å². The zero-order valence-corrected chi connectivity index (χ0v) is 14.3. The molecule has 0 radical (unpaired) electrons. The first kappa shape index (κ1) is 20.4. The fourth-order valence-corrected chi connectivity index (χ4v) is 2.75. The topological polar surface area (TPSA) is 91.3 Å². The smallest absolute Gasteiger partial charge is 0.374 e. The van der Waals surface area contributed by atoms with Crippen molar-refractivity contribution < 1.29 is 27.9 Å². The van der Waals surface area contributed by atoms with Gasteiger partial charge in [-0.1, -0.05) is 6.92 Å². The molecule has 0 aliphatic rings. The zero-order chi connectivity index (χ0) is 18.5. The van der Waals surface area contributed by atoms with E-state index >= 15 is 0 Å². The van der Waals surface area contributed by atoms with Crippen molar-refractivity contribution in [1.29, 1.82) is 0 Å². The lowest BCUT2D eigenvalue weighted by atomic mass is 9.99. The number of halogens is 3. The Morgan fingerprint density at radius 2 is 2.04 bits per heavy atom. The molecule has 136 valence electrons. The first-order valence-electron chi connectivity index (χ1n) is 7.30. The van der Waals surface area contributed by atoms with Crippen LogP contribution in [0.3, 0.4) is 0 Å². The Balaban J connectivity index is 2.85. The number of rotatable bonds is 7. The summed E-state index contributed by atoms with van der Waals surface area (Å²) in [6.07, 6.45) is -5.67. The predicted molar refractivity (Wildman–Crippen MR) is 82.3 cm³/mol. The molecule has 0 unspecified atom stereocenters. The van der Waals surface area contributed by atoms with Crippen molar-refractivity contribution in [3.8, 4) is 0 Å². The highest BCUT2D eigenvalue weighted by atomic mass is 32.1. The number of hydrogen-bond donors (Lipinski definition) is 3. The molecule has 1 heterocycles. The molecule has 0 spiro atoms. The van der Waals surface area contributed by atoms with Crippen LogP contribution in [0, 0.1) is 6.92 Å². The lowest BCUT2D eigenvalue weighted by molar-refractivity contribution is -0.267. The van der Waals surface area contributed by atoms with Crippen LogP contribution in [0.2, 0.25) is 0 Å². The van der Waals surface area contributed by atoms with Gasteiger partial charge in [-0.2, -0.15) is 13.2 Å². The molecule has 1 aromatic rings. The molecule has 0 aromatic carbocycles. The van der Waals surface area contributed by atoms with Gasteiger partial charge in [0.25, 0.3) is 0 Å². The minimum absolute atomic E-state index is 0.311. The number of carbonyl (C=O) groups excluding carboxylic acids is 2. The van der Waals surface area contributed by atoms with Crippen LogP contribution in [0.4, 0.5) is 13.2 Å². The Bertz CT molecular complexity index is 591. The van der Waals surface area contributed by atoms with E-state index in [1.807, 2.05) is 6.92 Å². The lowest BCUT2D eigenvalue weighted by Crippen LogP contribution is -2.50. The van der Waals surface area contributed by atoms with Gasteiger partial charge in [-0.25, -0.2) is 4.98 Å². The molecule has 24 heavy (non-hydrogen) atoms. The van der Waals surface area contributed by atoms with E-state index < -0.39 is 41.1 Å². The normalized spacial score (nSPS) is 15.5. The van der Waals surface area contributed by atoms with E-state index in [0.717, 1.165) is 0 Å². The summed E-state index contributed by atoms with van der Waals surface area (Å²) in [5.41, 5.74) is -3.08. The van der Waals surface area contributed by atoms with Crippen molar-refractivity contribution in [3.05, 3.63) is 16.1 Å². The largest absolute Gasteiger partial charge is 0.424 e. The van der Waals surface area contributed by atoms with Gasteiger partial charge in [-0.15, -0.1) is 11.3 Å². The molecule has 10 heteroatoms. The molecule has 1 rings (SSSR count). The fourth-order valence-electron chi connectivity index (χ4n) is 1.83. The van der Waals surface area contributed by atoms with Crippen molar-refractivity contribution in [3.63, 3.8) is 0 Å². The molecule has 3 N–H and O–H groups in total. The van der Waals surface area contributed by atoms with Gasteiger partial charge in [-0.3, -0.25) is 9.59 Å². The SMILES string of the molecule is CCCNC(=O)[C@@H](C)NC(=O)C[C@](O)(c1nc(C)cs1)C(F)(F)F. The molecule has 1 aromatic heterocycles. The van der Waals surface area contributed by atoms with Gasteiger partial charge < -0.3 is 15.7 Å². The third-order valence-electron chi connectivity index (χ3n) is 3.18. The maximum absolute atomic E-state index is 13.3. The number of nitrogens with zero attached hydrogens (tertiary/aromatic N) is 1. The van der Waals surface area contributed by atoms with Gasteiger partial charge in [0.05, 0.1) is 6.42 Å². The summed E-state index contributed by atoms with van der Waals surface area (Å²) in [6.45, 7) is 5.06. The monoisotopic (exact) mass is 367 g/mol. The van der Waals surface area contributed by atoms with Crippen LogP contribution in [0.25, 0.3) is 0 Å². The quantitative estimate of drug-likeness (QED) is 0.683. The molecule has 0 saturated heterocycles. The van der Waals surface area contributed by atoms with Crippen LogP contribution in [0.5, 0.6) is 0 Å². The first-order chi connectivity index (χ1) is 11.0. The van der Waals surface area contributed by atoms with Crippen LogP contribution < -0.4 is 10.6 Å². The molecule has 0 fully saturated rings. The number of alkyl halides is 3. The molecular weight excluding hydrogens is 347 g/mol.